The molecular weight excluding hydrogens is 561 g/mol. The first-order valence-electron chi connectivity index (χ1n) is 14.3. The van der Waals surface area contributed by atoms with Gasteiger partial charge in [0, 0.05) is 24.7 Å². The van der Waals surface area contributed by atoms with Crippen molar-refractivity contribution in [3.63, 3.8) is 0 Å². The summed E-state index contributed by atoms with van der Waals surface area (Å²) in [4.78, 5) is 31.5. The fourth-order valence-electron chi connectivity index (χ4n) is 5.92. The molecule has 1 amide bonds. The number of sulfonamides is 1. The lowest BCUT2D eigenvalue weighted by atomic mass is 9.86. The number of benzene rings is 2. The highest BCUT2D eigenvalue weighted by Crippen LogP contribution is 2.37. The number of hydrogen-bond donors (Lipinski definition) is 3. The summed E-state index contributed by atoms with van der Waals surface area (Å²) >= 11 is 0. The average Bonchev–Trinajstić information content (AvgIpc) is 3.33. The summed E-state index contributed by atoms with van der Waals surface area (Å²) in [7, 11) is -4.21. The number of carboxylic acids is 1. The van der Waals surface area contributed by atoms with Gasteiger partial charge in [-0.25, -0.2) is 22.5 Å². The van der Waals surface area contributed by atoms with Crippen molar-refractivity contribution in [2.24, 2.45) is 5.92 Å². The normalized spacial score (nSPS) is 19.9. The van der Waals surface area contributed by atoms with Crippen LogP contribution < -0.4 is 10.0 Å². The van der Waals surface area contributed by atoms with Gasteiger partial charge >= 0.3 is 5.97 Å². The fourth-order valence-corrected chi connectivity index (χ4v) is 7.02. The van der Waals surface area contributed by atoms with Crippen LogP contribution in [0.5, 0.6) is 0 Å². The summed E-state index contributed by atoms with van der Waals surface area (Å²) in [5.74, 6) is -2.54. The summed E-state index contributed by atoms with van der Waals surface area (Å²) in [6.45, 7) is 6.28. The number of carboxylic acid groups (broad SMARTS) is 1. The molecule has 1 saturated heterocycles. The molecule has 12 heteroatoms. The Morgan fingerprint density at radius 3 is 2.50 bits per heavy atom. The van der Waals surface area contributed by atoms with Gasteiger partial charge in [0.2, 0.25) is 16.0 Å². The molecule has 2 aliphatic rings. The largest absolute Gasteiger partial charge is 0.481 e. The molecule has 1 aromatic heterocycles. The maximum atomic E-state index is 14.5. The van der Waals surface area contributed by atoms with Crippen LogP contribution in [0.15, 0.2) is 53.9 Å². The second kappa shape index (κ2) is 12.7. The van der Waals surface area contributed by atoms with E-state index in [1.165, 1.54) is 31.4 Å². The number of hydrogen-bond acceptors (Lipinski definition) is 6. The van der Waals surface area contributed by atoms with Crippen LogP contribution in [0.1, 0.15) is 66.9 Å². The van der Waals surface area contributed by atoms with Gasteiger partial charge in [-0.1, -0.05) is 18.6 Å². The highest BCUT2D eigenvalue weighted by Gasteiger charge is 2.30. The predicted molar refractivity (Wildman–Crippen MR) is 157 cm³/mol. The predicted octanol–water partition coefficient (Wildman–Crippen LogP) is 4.69. The number of imidazole rings is 1. The number of rotatable bonds is 10. The van der Waals surface area contributed by atoms with Gasteiger partial charge in [-0.05, 0) is 87.5 Å². The summed E-state index contributed by atoms with van der Waals surface area (Å²) in [5.41, 5.74) is 2.61. The van der Waals surface area contributed by atoms with Crippen molar-refractivity contribution >= 4 is 38.9 Å². The Labute approximate surface area is 244 Å². The number of amides is 1. The molecule has 0 radical (unpaired) electrons. The van der Waals surface area contributed by atoms with Gasteiger partial charge in [0.05, 0.1) is 17.0 Å². The minimum Gasteiger partial charge on any atom is -0.481 e. The van der Waals surface area contributed by atoms with Crippen LogP contribution in [0.4, 0.5) is 10.3 Å². The van der Waals surface area contributed by atoms with Gasteiger partial charge in [-0.2, -0.15) is 0 Å². The third kappa shape index (κ3) is 6.55. The fraction of sp³-hybridized carbons (Fsp3) is 0.433. The van der Waals surface area contributed by atoms with E-state index in [4.69, 9.17) is 4.98 Å². The summed E-state index contributed by atoms with van der Waals surface area (Å²) in [5, 5.41) is 12.3. The van der Waals surface area contributed by atoms with E-state index in [2.05, 4.69) is 27.6 Å². The number of piperidine rings is 1. The van der Waals surface area contributed by atoms with Crippen molar-refractivity contribution in [2.45, 2.75) is 62.4 Å². The van der Waals surface area contributed by atoms with Gasteiger partial charge in [0.15, 0.2) is 0 Å². The second-order valence-electron chi connectivity index (χ2n) is 11.0. The molecular formula is C30H36FN5O5S. The summed E-state index contributed by atoms with van der Waals surface area (Å²) < 4.78 is 43.8. The number of nitrogens with one attached hydrogen (secondary N) is 2. The lowest BCUT2D eigenvalue weighted by molar-refractivity contribution is -0.143. The third-order valence-corrected chi connectivity index (χ3v) is 9.58. The second-order valence-corrected chi connectivity index (χ2v) is 12.8. The van der Waals surface area contributed by atoms with Gasteiger partial charge in [-0.15, -0.1) is 6.58 Å². The van der Waals surface area contributed by atoms with E-state index in [1.807, 2.05) is 16.7 Å². The monoisotopic (exact) mass is 597 g/mol. The third-order valence-electron chi connectivity index (χ3n) is 8.15. The zero-order valence-corrected chi connectivity index (χ0v) is 24.2. The molecule has 1 saturated carbocycles. The zero-order chi connectivity index (χ0) is 29.9. The van der Waals surface area contributed by atoms with Crippen molar-refractivity contribution < 1.29 is 27.5 Å². The molecule has 1 aliphatic heterocycles. The first-order valence-corrected chi connectivity index (χ1v) is 15.8. The Morgan fingerprint density at radius 2 is 1.81 bits per heavy atom. The number of aliphatic carboxylic acids is 1. The topological polar surface area (TPSA) is 134 Å². The van der Waals surface area contributed by atoms with E-state index in [1.54, 1.807) is 0 Å². The van der Waals surface area contributed by atoms with Gasteiger partial charge in [0.25, 0.3) is 5.91 Å². The quantitative estimate of drug-likeness (QED) is 0.289. The van der Waals surface area contributed by atoms with E-state index >= 15 is 0 Å². The average molecular weight is 598 g/mol. The molecule has 42 heavy (non-hydrogen) atoms. The Hall–Kier alpha value is -3.61. The molecule has 0 atom stereocenters. The van der Waals surface area contributed by atoms with E-state index in [0.717, 1.165) is 42.8 Å². The minimum atomic E-state index is -4.21. The van der Waals surface area contributed by atoms with E-state index in [9.17, 15) is 27.5 Å². The van der Waals surface area contributed by atoms with Crippen LogP contribution in [-0.4, -0.2) is 59.5 Å². The molecule has 1 aliphatic carbocycles. The smallest absolute Gasteiger partial charge is 0.306 e. The number of halogens is 1. The van der Waals surface area contributed by atoms with Gasteiger partial charge in [-0.3, -0.25) is 19.8 Å². The number of carbonyl (C=O) groups excluding carboxylic acids is 1. The Morgan fingerprint density at radius 1 is 1.07 bits per heavy atom. The van der Waals surface area contributed by atoms with Crippen LogP contribution in [0.2, 0.25) is 0 Å². The van der Waals surface area contributed by atoms with E-state index < -0.39 is 38.5 Å². The van der Waals surface area contributed by atoms with Gasteiger partial charge < -0.3 is 9.67 Å². The van der Waals surface area contributed by atoms with Crippen molar-refractivity contribution in [1.82, 2.24) is 19.2 Å². The molecule has 3 N–H and O–H groups in total. The molecule has 2 aromatic carbocycles. The zero-order valence-electron chi connectivity index (χ0n) is 23.4. The van der Waals surface area contributed by atoms with Crippen molar-refractivity contribution in [2.75, 3.05) is 25.0 Å². The Bertz CT molecular complexity index is 1590. The highest BCUT2D eigenvalue weighted by molar-refractivity contribution is 7.89. The number of likely N-dealkylation sites (tertiary alicyclic amines) is 1. The van der Waals surface area contributed by atoms with E-state index in [0.29, 0.717) is 31.2 Å². The standard InChI is InChI=1S/C30H36FN5O5S/c1-2-14-32-42(40,41)27-18-22(9-12-24(27)31)28(37)34-30-33-25-13-6-20(19-35-15-4-3-5-16-35)17-26(25)36(30)23-10-7-21(8-11-23)29(38)39/h2,6,9,12-13,17-18,21,23,32H,1,3-5,7-8,10-11,14-16,19H2,(H,38,39)(H,33,34,37)/t21-,23+. The van der Waals surface area contributed by atoms with Crippen LogP contribution in [0.25, 0.3) is 11.0 Å². The molecule has 5 rings (SSSR count). The van der Waals surface area contributed by atoms with Crippen LogP contribution in [0, 0.1) is 11.7 Å². The van der Waals surface area contributed by atoms with Gasteiger partial charge in [0.1, 0.15) is 10.7 Å². The van der Waals surface area contributed by atoms with Crippen LogP contribution >= 0.6 is 0 Å². The maximum Gasteiger partial charge on any atom is 0.306 e. The van der Waals surface area contributed by atoms with Crippen LogP contribution in [-0.2, 0) is 21.4 Å². The number of carbonyl (C=O) groups is 2. The minimum absolute atomic E-state index is 0.0469. The van der Waals surface area contributed by atoms with E-state index in [-0.39, 0.29) is 24.1 Å². The molecule has 3 aromatic rings. The maximum absolute atomic E-state index is 14.5. The lowest BCUT2D eigenvalue weighted by Gasteiger charge is -2.29. The molecule has 2 fully saturated rings. The molecule has 10 nitrogen and oxygen atoms in total. The van der Waals surface area contributed by atoms with Crippen molar-refractivity contribution in [3.05, 3.63) is 66.0 Å². The van der Waals surface area contributed by atoms with Crippen LogP contribution in [0.3, 0.4) is 0 Å². The first kappa shape index (κ1) is 29.9. The molecule has 224 valence electrons. The number of fused-ring (bicyclic) bond motifs is 1. The summed E-state index contributed by atoms with van der Waals surface area (Å²) in [6.07, 6.45) is 7.18. The highest BCUT2D eigenvalue weighted by atomic mass is 32.2. The lowest BCUT2D eigenvalue weighted by Crippen LogP contribution is -2.29. The Kier molecular flexibility index (Phi) is 9.05. The number of anilines is 1. The number of aromatic nitrogens is 2. The number of nitrogens with zero attached hydrogens (tertiary/aromatic N) is 3. The van der Waals surface area contributed by atoms with Crippen molar-refractivity contribution in [3.8, 4) is 0 Å². The molecule has 0 spiro atoms. The first-order chi connectivity index (χ1) is 20.2. The molecule has 2 heterocycles. The molecule has 0 unspecified atom stereocenters. The summed E-state index contributed by atoms with van der Waals surface area (Å²) in [6, 6.07) is 9.13. The SMILES string of the molecule is C=CCNS(=O)(=O)c1cc(C(=O)Nc2nc3ccc(CN4CCCCC4)cc3n2[C@H]2CC[C@@H](C(=O)O)CC2)ccc1F. The van der Waals surface area contributed by atoms with Crippen molar-refractivity contribution in [1.29, 1.82) is 0 Å². The molecule has 0 bridgehead atoms. The Balaban J connectivity index is 1.47.